The highest BCUT2D eigenvalue weighted by atomic mass is 35.5. The second kappa shape index (κ2) is 8.75. The number of amides is 2. The molecule has 0 aliphatic carbocycles. The summed E-state index contributed by atoms with van der Waals surface area (Å²) in [5, 5.41) is 2.93. The van der Waals surface area contributed by atoms with E-state index in [0.717, 1.165) is 0 Å². The average Bonchev–Trinajstić information content (AvgIpc) is 2.60. The van der Waals surface area contributed by atoms with Crippen molar-refractivity contribution in [2.75, 3.05) is 19.4 Å². The number of hydrogen-bond acceptors (Lipinski definition) is 4. The molecule has 0 unspecified atom stereocenters. The highest BCUT2D eigenvalue weighted by molar-refractivity contribution is 7.89. The first-order valence-corrected chi connectivity index (χ1v) is 11.0. The quantitative estimate of drug-likeness (QED) is 0.724. The summed E-state index contributed by atoms with van der Waals surface area (Å²) in [6, 6.07) is 8.91. The molecule has 30 heavy (non-hydrogen) atoms. The van der Waals surface area contributed by atoms with Crippen molar-refractivity contribution in [3.63, 3.8) is 0 Å². The summed E-state index contributed by atoms with van der Waals surface area (Å²) < 4.78 is 27.8. The van der Waals surface area contributed by atoms with Crippen molar-refractivity contribution in [1.29, 1.82) is 0 Å². The number of sulfonamides is 1. The van der Waals surface area contributed by atoms with Crippen LogP contribution >= 0.6 is 11.6 Å². The van der Waals surface area contributed by atoms with Crippen LogP contribution in [0.2, 0.25) is 5.02 Å². The van der Waals surface area contributed by atoms with E-state index in [4.69, 9.17) is 11.6 Å². The van der Waals surface area contributed by atoms with Crippen molar-refractivity contribution >= 4 is 39.1 Å². The molecule has 162 valence electrons. The number of anilines is 1. The number of carbonyl (C=O) groups is 2. The molecule has 9 heteroatoms. The fourth-order valence-corrected chi connectivity index (χ4v) is 4.29. The Bertz CT molecular complexity index is 1090. The van der Waals surface area contributed by atoms with Gasteiger partial charge in [-0.15, -0.1) is 0 Å². The number of hydrogen-bond donors (Lipinski definition) is 2. The molecular weight excluding hydrogens is 426 g/mol. The van der Waals surface area contributed by atoms with Gasteiger partial charge in [-0.25, -0.2) is 13.1 Å². The topological polar surface area (TPSA) is 95.6 Å². The lowest BCUT2D eigenvalue weighted by molar-refractivity contribution is 0.0827. The van der Waals surface area contributed by atoms with Crippen molar-refractivity contribution < 1.29 is 18.0 Å². The molecular formula is C21H26ClN3O4S. The summed E-state index contributed by atoms with van der Waals surface area (Å²) in [5.41, 5.74) is 0.738. The average molecular weight is 452 g/mol. The lowest BCUT2D eigenvalue weighted by Crippen LogP contribution is -2.40. The van der Waals surface area contributed by atoms with Gasteiger partial charge >= 0.3 is 0 Å². The molecule has 2 aromatic carbocycles. The Kier molecular flexibility index (Phi) is 6.96. The fourth-order valence-electron chi connectivity index (χ4n) is 2.68. The van der Waals surface area contributed by atoms with E-state index in [0.29, 0.717) is 11.1 Å². The minimum absolute atomic E-state index is 0.0178. The van der Waals surface area contributed by atoms with Crippen LogP contribution in [0.5, 0.6) is 0 Å². The Balaban J connectivity index is 2.39. The van der Waals surface area contributed by atoms with Gasteiger partial charge in [-0.1, -0.05) is 17.7 Å². The SMILES string of the molecule is Cc1ccc(S(=O)(=O)NC(C)(C)C)cc1C(=O)Nc1cc(C(=O)N(C)C)ccc1Cl. The first kappa shape index (κ1) is 23.9. The molecule has 2 N–H and O–H groups in total. The van der Waals surface area contributed by atoms with Crippen molar-refractivity contribution in [2.24, 2.45) is 0 Å². The van der Waals surface area contributed by atoms with Gasteiger partial charge in [0.25, 0.3) is 11.8 Å². The summed E-state index contributed by atoms with van der Waals surface area (Å²) in [4.78, 5) is 26.5. The molecule has 0 aromatic heterocycles. The normalized spacial score (nSPS) is 11.8. The molecule has 2 aromatic rings. The zero-order chi connectivity index (χ0) is 22.9. The molecule has 0 atom stereocenters. The first-order valence-electron chi connectivity index (χ1n) is 9.18. The van der Waals surface area contributed by atoms with Crippen LogP contribution in [-0.4, -0.2) is 44.8 Å². The monoisotopic (exact) mass is 451 g/mol. The molecule has 0 fully saturated rings. The zero-order valence-corrected chi connectivity index (χ0v) is 19.4. The lowest BCUT2D eigenvalue weighted by Gasteiger charge is -2.21. The third kappa shape index (κ3) is 5.81. The second-order valence-corrected chi connectivity index (χ2v) is 10.3. The van der Waals surface area contributed by atoms with Crippen LogP contribution in [0.15, 0.2) is 41.3 Å². The highest BCUT2D eigenvalue weighted by Gasteiger charge is 2.24. The van der Waals surface area contributed by atoms with Crippen LogP contribution in [0, 0.1) is 6.92 Å². The van der Waals surface area contributed by atoms with Crippen LogP contribution in [-0.2, 0) is 10.0 Å². The molecule has 7 nitrogen and oxygen atoms in total. The van der Waals surface area contributed by atoms with E-state index < -0.39 is 21.5 Å². The number of nitrogens with zero attached hydrogens (tertiary/aromatic N) is 1. The molecule has 0 bridgehead atoms. The number of nitrogens with one attached hydrogen (secondary N) is 2. The fraction of sp³-hybridized carbons (Fsp3) is 0.333. The van der Waals surface area contributed by atoms with Crippen molar-refractivity contribution in [2.45, 2.75) is 38.1 Å². The third-order valence-electron chi connectivity index (χ3n) is 4.07. The number of rotatable bonds is 5. The highest BCUT2D eigenvalue weighted by Crippen LogP contribution is 2.25. The van der Waals surface area contributed by atoms with Crippen LogP contribution < -0.4 is 10.0 Å². The summed E-state index contributed by atoms with van der Waals surface area (Å²) >= 11 is 6.18. The summed E-state index contributed by atoms with van der Waals surface area (Å²) in [5.74, 6) is -0.767. The van der Waals surface area contributed by atoms with Gasteiger partial charge in [0.05, 0.1) is 15.6 Å². The Morgan fingerprint density at radius 3 is 2.23 bits per heavy atom. The minimum Gasteiger partial charge on any atom is -0.345 e. The maximum absolute atomic E-state index is 12.9. The summed E-state index contributed by atoms with van der Waals surface area (Å²) in [6.45, 7) is 6.90. The van der Waals surface area contributed by atoms with E-state index in [9.17, 15) is 18.0 Å². The molecule has 2 rings (SSSR count). The predicted molar refractivity (Wildman–Crippen MR) is 119 cm³/mol. The van der Waals surface area contributed by atoms with Crippen LogP contribution in [0.3, 0.4) is 0 Å². The van der Waals surface area contributed by atoms with Gasteiger partial charge in [-0.05, 0) is 63.6 Å². The molecule has 0 aliphatic rings. The zero-order valence-electron chi connectivity index (χ0n) is 17.8. The van der Waals surface area contributed by atoms with Gasteiger partial charge < -0.3 is 10.2 Å². The van der Waals surface area contributed by atoms with Gasteiger partial charge in [0, 0.05) is 30.8 Å². The van der Waals surface area contributed by atoms with Crippen LogP contribution in [0.1, 0.15) is 47.1 Å². The van der Waals surface area contributed by atoms with Crippen molar-refractivity contribution in [1.82, 2.24) is 9.62 Å². The van der Waals surface area contributed by atoms with E-state index in [1.807, 2.05) is 0 Å². The smallest absolute Gasteiger partial charge is 0.256 e. The van der Waals surface area contributed by atoms with Crippen LogP contribution in [0.4, 0.5) is 5.69 Å². The molecule has 2 amide bonds. The van der Waals surface area contributed by atoms with Crippen LogP contribution in [0.25, 0.3) is 0 Å². The largest absolute Gasteiger partial charge is 0.345 e. The van der Waals surface area contributed by atoms with Gasteiger partial charge in [0.15, 0.2) is 0 Å². The molecule has 0 heterocycles. The number of carbonyl (C=O) groups excluding carboxylic acids is 2. The molecule has 0 aliphatic heterocycles. The Labute approximate surface area is 182 Å². The van der Waals surface area contributed by atoms with Gasteiger partial charge in [0.1, 0.15) is 0 Å². The number of halogens is 1. The van der Waals surface area contributed by atoms with Gasteiger partial charge in [-0.2, -0.15) is 0 Å². The third-order valence-corrected chi connectivity index (χ3v) is 6.16. The van der Waals surface area contributed by atoms with Gasteiger partial charge in [-0.3, -0.25) is 9.59 Å². The van der Waals surface area contributed by atoms with Crippen molar-refractivity contribution in [3.05, 3.63) is 58.1 Å². The Hall–Kier alpha value is -2.42. The summed E-state index contributed by atoms with van der Waals surface area (Å²) in [7, 11) is -0.563. The standard InChI is InChI=1S/C21H26ClN3O4S/c1-13-7-9-15(30(28,29)24-21(2,3)4)12-16(13)19(26)23-18-11-14(8-10-17(18)22)20(27)25(5)6/h7-12,24H,1-6H3,(H,23,26). The lowest BCUT2D eigenvalue weighted by atomic mass is 10.1. The Morgan fingerprint density at radius 2 is 1.67 bits per heavy atom. The number of benzene rings is 2. The molecule has 0 saturated carbocycles. The van der Waals surface area contributed by atoms with Gasteiger partial charge in [0.2, 0.25) is 10.0 Å². The second-order valence-electron chi connectivity index (χ2n) is 8.18. The minimum atomic E-state index is -3.81. The van der Waals surface area contributed by atoms with E-state index in [2.05, 4.69) is 10.0 Å². The van der Waals surface area contributed by atoms with E-state index in [1.165, 1.54) is 29.2 Å². The Morgan fingerprint density at radius 1 is 1.03 bits per heavy atom. The van der Waals surface area contributed by atoms with E-state index >= 15 is 0 Å². The van der Waals surface area contributed by atoms with E-state index in [-0.39, 0.29) is 27.1 Å². The summed E-state index contributed by atoms with van der Waals surface area (Å²) in [6.07, 6.45) is 0. The maximum atomic E-state index is 12.9. The molecule has 0 saturated heterocycles. The molecule has 0 radical (unpaired) electrons. The van der Waals surface area contributed by atoms with E-state index in [1.54, 1.807) is 53.9 Å². The molecule has 0 spiro atoms. The maximum Gasteiger partial charge on any atom is 0.256 e. The number of aryl methyl sites for hydroxylation is 1. The first-order chi connectivity index (χ1) is 13.7. The van der Waals surface area contributed by atoms with Crippen molar-refractivity contribution in [3.8, 4) is 0 Å². The predicted octanol–water partition coefficient (Wildman–Crippen LogP) is 3.68.